The van der Waals surface area contributed by atoms with E-state index in [1.165, 1.54) is 14.1 Å². The van der Waals surface area contributed by atoms with Crippen LogP contribution < -0.4 is 17.0 Å². The lowest BCUT2D eigenvalue weighted by Crippen LogP contribution is -2.42. The molecule has 1 aromatic carbocycles. The van der Waals surface area contributed by atoms with Crippen molar-refractivity contribution in [3.63, 3.8) is 0 Å². The van der Waals surface area contributed by atoms with E-state index in [0.717, 1.165) is 14.7 Å². The maximum Gasteiger partial charge on any atom is 0.338 e. The molecule has 8 heteroatoms. The zero-order valence-corrected chi connectivity index (χ0v) is 13.5. The molecule has 1 heterocycles. The minimum atomic E-state index is -0.827. The molecule has 2 N–H and O–H groups in total. The Hall–Kier alpha value is -3.16. The minimum Gasteiger partial charge on any atom is -0.454 e. The molecule has 0 aliphatic carbocycles. The number of carbonyl (C=O) groups is 2. The molecule has 0 fully saturated rings. The Morgan fingerprint density at radius 3 is 2.46 bits per heavy atom. The van der Waals surface area contributed by atoms with Gasteiger partial charge in [0.15, 0.2) is 6.61 Å². The van der Waals surface area contributed by atoms with E-state index >= 15 is 0 Å². The monoisotopic (exact) mass is 331 g/mol. The zero-order valence-electron chi connectivity index (χ0n) is 13.5. The summed E-state index contributed by atoms with van der Waals surface area (Å²) in [6, 6.07) is 6.68. The number of ketones is 1. The quantitative estimate of drug-likeness (QED) is 0.624. The summed E-state index contributed by atoms with van der Waals surface area (Å²) < 4.78 is 6.69. The molecule has 0 aliphatic heterocycles. The fourth-order valence-electron chi connectivity index (χ4n) is 2.18. The van der Waals surface area contributed by atoms with Crippen molar-refractivity contribution in [1.29, 1.82) is 0 Å². The molecule has 2 aromatic rings. The fraction of sp³-hybridized carbons (Fsp3) is 0.250. The molecule has 0 radical (unpaired) electrons. The first-order valence-corrected chi connectivity index (χ1v) is 7.06. The van der Waals surface area contributed by atoms with Gasteiger partial charge in [0.1, 0.15) is 11.4 Å². The molecule has 0 bridgehead atoms. The number of nitrogens with two attached hydrogens (primary N) is 1. The maximum atomic E-state index is 12.2. The van der Waals surface area contributed by atoms with E-state index in [-0.39, 0.29) is 11.4 Å². The topological polar surface area (TPSA) is 113 Å². The number of nitrogens with zero attached hydrogens (tertiary/aromatic N) is 2. The van der Waals surface area contributed by atoms with E-state index in [0.29, 0.717) is 5.56 Å². The van der Waals surface area contributed by atoms with E-state index in [4.69, 9.17) is 10.5 Å². The van der Waals surface area contributed by atoms with E-state index in [2.05, 4.69) is 0 Å². The third-order valence-corrected chi connectivity index (χ3v) is 3.58. The summed E-state index contributed by atoms with van der Waals surface area (Å²) in [6.07, 6.45) is 0. The average Bonchev–Trinajstić information content (AvgIpc) is 2.56. The van der Waals surface area contributed by atoms with Crippen LogP contribution in [0.25, 0.3) is 0 Å². The number of benzene rings is 1. The highest BCUT2D eigenvalue weighted by atomic mass is 16.5. The van der Waals surface area contributed by atoms with E-state index in [1.54, 1.807) is 18.2 Å². The number of esters is 1. The summed E-state index contributed by atoms with van der Waals surface area (Å²) in [5, 5.41) is 0. The second kappa shape index (κ2) is 6.53. The molecule has 0 unspecified atom stereocenters. The number of ether oxygens (including phenoxy) is 1. The Labute approximate surface area is 137 Å². The normalized spacial score (nSPS) is 10.5. The van der Waals surface area contributed by atoms with Crippen LogP contribution in [0.5, 0.6) is 0 Å². The van der Waals surface area contributed by atoms with Gasteiger partial charge in [-0.3, -0.25) is 18.7 Å². The van der Waals surface area contributed by atoms with Crippen LogP contribution in [-0.2, 0) is 18.8 Å². The first-order chi connectivity index (χ1) is 11.2. The standard InChI is InChI=1S/C16H17N3O5/c1-9-5-4-6-10(7-9)15(22)24-8-11(20)12-13(17)18(2)16(23)19(3)14(12)21/h4-7H,8,17H2,1-3H3. The van der Waals surface area contributed by atoms with E-state index < -0.39 is 29.6 Å². The minimum absolute atomic E-state index is 0.264. The molecule has 2 rings (SSSR count). The number of aryl methyl sites for hydroxylation is 1. The smallest absolute Gasteiger partial charge is 0.338 e. The Morgan fingerprint density at radius 1 is 1.17 bits per heavy atom. The molecule has 24 heavy (non-hydrogen) atoms. The Morgan fingerprint density at radius 2 is 1.83 bits per heavy atom. The molecular weight excluding hydrogens is 314 g/mol. The summed E-state index contributed by atoms with van der Waals surface area (Å²) in [5.74, 6) is -1.73. The van der Waals surface area contributed by atoms with Crippen LogP contribution in [-0.4, -0.2) is 27.5 Å². The Balaban J connectivity index is 2.24. The number of aromatic nitrogens is 2. The summed E-state index contributed by atoms with van der Waals surface area (Å²) in [7, 11) is 2.58. The highest BCUT2D eigenvalue weighted by Gasteiger charge is 2.21. The molecule has 0 saturated carbocycles. The number of nitrogen functional groups attached to an aromatic ring is 1. The second-order valence-electron chi connectivity index (χ2n) is 5.33. The van der Waals surface area contributed by atoms with Crippen molar-refractivity contribution in [2.45, 2.75) is 6.92 Å². The highest BCUT2D eigenvalue weighted by Crippen LogP contribution is 2.08. The van der Waals surface area contributed by atoms with Crippen LogP contribution in [0.15, 0.2) is 33.9 Å². The largest absolute Gasteiger partial charge is 0.454 e. The third-order valence-electron chi connectivity index (χ3n) is 3.58. The van der Waals surface area contributed by atoms with Crippen molar-refractivity contribution in [2.75, 3.05) is 12.3 Å². The molecule has 0 saturated heterocycles. The van der Waals surface area contributed by atoms with Crippen molar-refractivity contribution in [2.24, 2.45) is 14.1 Å². The molecule has 0 aliphatic rings. The number of Topliss-reactive ketones (excluding diaryl/α,β-unsaturated/α-hetero) is 1. The van der Waals surface area contributed by atoms with Crippen LogP contribution >= 0.6 is 0 Å². The summed E-state index contributed by atoms with van der Waals surface area (Å²) in [5.41, 5.74) is 4.99. The predicted octanol–water partition coefficient (Wildman–Crippen LogP) is 0.0143. The highest BCUT2D eigenvalue weighted by molar-refractivity contribution is 6.02. The van der Waals surface area contributed by atoms with E-state index in [1.807, 2.05) is 13.0 Å². The van der Waals surface area contributed by atoms with Gasteiger partial charge >= 0.3 is 11.7 Å². The molecule has 0 spiro atoms. The van der Waals surface area contributed by atoms with Gasteiger partial charge < -0.3 is 10.5 Å². The maximum absolute atomic E-state index is 12.2. The van der Waals surface area contributed by atoms with Crippen molar-refractivity contribution >= 4 is 17.6 Å². The molecule has 1 aromatic heterocycles. The number of anilines is 1. The summed E-state index contributed by atoms with van der Waals surface area (Å²) >= 11 is 0. The van der Waals surface area contributed by atoms with Gasteiger partial charge in [-0.1, -0.05) is 17.7 Å². The van der Waals surface area contributed by atoms with Gasteiger partial charge in [0.25, 0.3) is 5.56 Å². The van der Waals surface area contributed by atoms with E-state index in [9.17, 15) is 19.2 Å². The van der Waals surface area contributed by atoms with Crippen LogP contribution in [0.3, 0.4) is 0 Å². The summed E-state index contributed by atoms with van der Waals surface area (Å²) in [4.78, 5) is 48.0. The van der Waals surface area contributed by atoms with Gasteiger partial charge in [0.2, 0.25) is 5.78 Å². The zero-order chi connectivity index (χ0) is 18.0. The number of carbonyl (C=O) groups excluding carboxylic acids is 2. The Bertz CT molecular complexity index is 940. The molecule has 0 amide bonds. The lowest BCUT2D eigenvalue weighted by molar-refractivity contribution is 0.0474. The fourth-order valence-corrected chi connectivity index (χ4v) is 2.18. The number of rotatable bonds is 4. The van der Waals surface area contributed by atoms with Gasteiger partial charge in [0, 0.05) is 14.1 Å². The lowest BCUT2D eigenvalue weighted by Gasteiger charge is -2.11. The molecule has 8 nitrogen and oxygen atoms in total. The first kappa shape index (κ1) is 17.2. The van der Waals surface area contributed by atoms with Gasteiger partial charge in [-0.15, -0.1) is 0 Å². The lowest BCUT2D eigenvalue weighted by atomic mass is 10.1. The average molecular weight is 331 g/mol. The van der Waals surface area contributed by atoms with Gasteiger partial charge in [0.05, 0.1) is 5.56 Å². The predicted molar refractivity (Wildman–Crippen MR) is 87.1 cm³/mol. The van der Waals surface area contributed by atoms with Crippen LogP contribution in [0.4, 0.5) is 5.82 Å². The molecular formula is C16H17N3O5. The van der Waals surface area contributed by atoms with Crippen molar-refractivity contribution in [3.05, 3.63) is 61.8 Å². The van der Waals surface area contributed by atoms with Crippen LogP contribution in [0.2, 0.25) is 0 Å². The van der Waals surface area contributed by atoms with Crippen molar-refractivity contribution < 1.29 is 14.3 Å². The van der Waals surface area contributed by atoms with Gasteiger partial charge in [-0.05, 0) is 19.1 Å². The number of hydrogen-bond donors (Lipinski definition) is 1. The first-order valence-electron chi connectivity index (χ1n) is 7.06. The summed E-state index contributed by atoms with van der Waals surface area (Å²) in [6.45, 7) is 1.17. The van der Waals surface area contributed by atoms with Gasteiger partial charge in [-0.25, -0.2) is 9.59 Å². The van der Waals surface area contributed by atoms with Crippen molar-refractivity contribution in [3.8, 4) is 0 Å². The second-order valence-corrected chi connectivity index (χ2v) is 5.33. The Kier molecular flexibility index (Phi) is 4.68. The molecule has 0 atom stereocenters. The number of hydrogen-bond acceptors (Lipinski definition) is 6. The third kappa shape index (κ3) is 3.12. The van der Waals surface area contributed by atoms with Crippen LogP contribution in [0.1, 0.15) is 26.3 Å². The van der Waals surface area contributed by atoms with Gasteiger partial charge in [-0.2, -0.15) is 0 Å². The van der Waals surface area contributed by atoms with Crippen molar-refractivity contribution in [1.82, 2.24) is 9.13 Å². The molecule has 126 valence electrons. The van der Waals surface area contributed by atoms with Crippen LogP contribution in [0, 0.1) is 6.92 Å². The SMILES string of the molecule is Cc1cccc(C(=O)OCC(=O)c2c(N)n(C)c(=O)n(C)c2=O)c1.